The number of aromatic nitrogens is 1. The van der Waals surface area contributed by atoms with E-state index in [0.717, 1.165) is 11.5 Å². The standard InChI is InChI=1S/C11H10N2.C6H13N/c1-2-6-10(7-3-1)13-11-8-4-5-9-12-11;7-6-4-2-1-3-5-6/h1-9H,(H,12,13);6H,1-5,7H2. The van der Waals surface area contributed by atoms with Gasteiger partial charge in [0.25, 0.3) is 0 Å². The average Bonchev–Trinajstić information content (AvgIpc) is 2.51. The number of pyridine rings is 1. The van der Waals surface area contributed by atoms with E-state index in [-0.39, 0.29) is 0 Å². The molecule has 20 heavy (non-hydrogen) atoms. The lowest BCUT2D eigenvalue weighted by atomic mass is 9.97. The minimum absolute atomic E-state index is 0.536. The van der Waals surface area contributed by atoms with Crippen LogP contribution in [-0.2, 0) is 0 Å². The van der Waals surface area contributed by atoms with Gasteiger partial charge in [0.15, 0.2) is 0 Å². The number of hydrogen-bond acceptors (Lipinski definition) is 3. The first-order chi connectivity index (χ1) is 9.84. The van der Waals surface area contributed by atoms with E-state index in [1.54, 1.807) is 6.20 Å². The first-order valence-corrected chi connectivity index (χ1v) is 7.33. The number of nitrogens with zero attached hydrogens (tertiary/aromatic N) is 1. The van der Waals surface area contributed by atoms with Gasteiger partial charge in [-0.15, -0.1) is 0 Å². The quantitative estimate of drug-likeness (QED) is 0.863. The normalized spacial score (nSPS) is 15.1. The predicted molar refractivity (Wildman–Crippen MR) is 85.0 cm³/mol. The van der Waals surface area contributed by atoms with Crippen LogP contribution in [0.2, 0.25) is 0 Å². The molecule has 3 nitrogen and oxygen atoms in total. The van der Waals surface area contributed by atoms with E-state index in [4.69, 9.17) is 5.73 Å². The van der Waals surface area contributed by atoms with Crippen LogP contribution in [0.4, 0.5) is 11.5 Å². The highest BCUT2D eigenvalue weighted by Gasteiger charge is 2.06. The van der Waals surface area contributed by atoms with Crippen molar-refractivity contribution in [3.63, 3.8) is 0 Å². The molecule has 0 saturated heterocycles. The number of benzene rings is 1. The van der Waals surface area contributed by atoms with Crippen molar-refractivity contribution in [3.8, 4) is 0 Å². The Labute approximate surface area is 121 Å². The van der Waals surface area contributed by atoms with Gasteiger partial charge >= 0.3 is 0 Å². The SMILES string of the molecule is NC1CCCCC1.c1ccc(Nc2ccccn2)cc1. The molecule has 106 valence electrons. The van der Waals surface area contributed by atoms with E-state index in [9.17, 15) is 0 Å². The van der Waals surface area contributed by atoms with Gasteiger partial charge in [0.05, 0.1) is 0 Å². The second kappa shape index (κ2) is 8.33. The molecule has 0 atom stereocenters. The first-order valence-electron chi connectivity index (χ1n) is 7.33. The molecule has 1 aromatic heterocycles. The van der Waals surface area contributed by atoms with Crippen LogP contribution < -0.4 is 11.1 Å². The van der Waals surface area contributed by atoms with E-state index in [1.807, 2.05) is 48.5 Å². The maximum absolute atomic E-state index is 5.63. The van der Waals surface area contributed by atoms with Gasteiger partial charge in [0.1, 0.15) is 5.82 Å². The molecule has 1 aliphatic rings. The van der Waals surface area contributed by atoms with Crippen LogP contribution in [0.3, 0.4) is 0 Å². The van der Waals surface area contributed by atoms with Crippen molar-refractivity contribution in [1.29, 1.82) is 0 Å². The zero-order chi connectivity index (χ0) is 14.0. The fourth-order valence-corrected chi connectivity index (χ4v) is 2.24. The van der Waals surface area contributed by atoms with Crippen molar-refractivity contribution in [2.45, 2.75) is 38.1 Å². The monoisotopic (exact) mass is 269 g/mol. The number of rotatable bonds is 2. The number of anilines is 2. The molecule has 1 aromatic carbocycles. The summed E-state index contributed by atoms with van der Waals surface area (Å²) >= 11 is 0. The molecule has 0 radical (unpaired) electrons. The largest absolute Gasteiger partial charge is 0.340 e. The minimum Gasteiger partial charge on any atom is -0.340 e. The summed E-state index contributed by atoms with van der Waals surface area (Å²) in [5.74, 6) is 0.869. The lowest BCUT2D eigenvalue weighted by Gasteiger charge is -2.15. The Kier molecular flexibility index (Phi) is 6.06. The fraction of sp³-hybridized carbons (Fsp3) is 0.353. The van der Waals surface area contributed by atoms with Gasteiger partial charge in [0.2, 0.25) is 0 Å². The first kappa shape index (κ1) is 14.5. The maximum Gasteiger partial charge on any atom is 0.130 e. The van der Waals surface area contributed by atoms with Gasteiger partial charge in [-0.1, -0.05) is 43.5 Å². The molecule has 1 aliphatic carbocycles. The summed E-state index contributed by atoms with van der Waals surface area (Å²) in [6.07, 6.45) is 8.43. The third-order valence-electron chi connectivity index (χ3n) is 3.36. The Balaban J connectivity index is 0.000000178. The van der Waals surface area contributed by atoms with Crippen LogP contribution in [0.15, 0.2) is 54.7 Å². The van der Waals surface area contributed by atoms with Crippen LogP contribution in [0.5, 0.6) is 0 Å². The molecule has 3 N–H and O–H groups in total. The maximum atomic E-state index is 5.63. The fourth-order valence-electron chi connectivity index (χ4n) is 2.24. The van der Waals surface area contributed by atoms with Crippen LogP contribution in [0.1, 0.15) is 32.1 Å². The average molecular weight is 269 g/mol. The number of hydrogen-bond donors (Lipinski definition) is 2. The second-order valence-electron chi connectivity index (χ2n) is 5.10. The third kappa shape index (κ3) is 5.41. The highest BCUT2D eigenvalue weighted by Crippen LogP contribution is 2.14. The van der Waals surface area contributed by atoms with E-state index < -0.39 is 0 Å². The Morgan fingerprint density at radius 1 is 0.900 bits per heavy atom. The lowest BCUT2D eigenvalue weighted by molar-refractivity contribution is 0.441. The topological polar surface area (TPSA) is 50.9 Å². The van der Waals surface area contributed by atoms with Crippen LogP contribution in [-0.4, -0.2) is 11.0 Å². The van der Waals surface area contributed by atoms with Crippen molar-refractivity contribution in [1.82, 2.24) is 4.98 Å². The van der Waals surface area contributed by atoms with Gasteiger partial charge in [-0.05, 0) is 37.1 Å². The Morgan fingerprint density at radius 3 is 2.15 bits per heavy atom. The van der Waals surface area contributed by atoms with Gasteiger partial charge < -0.3 is 11.1 Å². The highest BCUT2D eigenvalue weighted by atomic mass is 15.0. The second-order valence-corrected chi connectivity index (χ2v) is 5.10. The Bertz CT molecular complexity index is 427. The van der Waals surface area contributed by atoms with Gasteiger partial charge in [-0.3, -0.25) is 0 Å². The molecule has 0 unspecified atom stereocenters. The molecular weight excluding hydrogens is 246 g/mol. The van der Waals surface area contributed by atoms with Crippen molar-refractivity contribution in [2.24, 2.45) is 5.73 Å². The molecule has 1 heterocycles. The van der Waals surface area contributed by atoms with E-state index in [1.165, 1.54) is 32.1 Å². The van der Waals surface area contributed by atoms with Crippen molar-refractivity contribution in [3.05, 3.63) is 54.7 Å². The zero-order valence-corrected chi connectivity index (χ0v) is 11.8. The molecule has 3 rings (SSSR count). The number of nitrogens with two attached hydrogens (primary N) is 1. The van der Waals surface area contributed by atoms with Crippen molar-refractivity contribution >= 4 is 11.5 Å². The summed E-state index contributed by atoms with van der Waals surface area (Å²) in [6.45, 7) is 0. The Morgan fingerprint density at radius 2 is 1.60 bits per heavy atom. The molecule has 1 saturated carbocycles. The number of nitrogens with one attached hydrogen (secondary N) is 1. The van der Waals surface area contributed by atoms with Gasteiger partial charge in [0, 0.05) is 17.9 Å². The summed E-state index contributed by atoms with van der Waals surface area (Å²) in [6, 6.07) is 16.3. The highest BCUT2D eigenvalue weighted by molar-refractivity contribution is 5.55. The summed E-state index contributed by atoms with van der Waals surface area (Å²) in [5.41, 5.74) is 6.69. The molecular formula is C17H23N3. The van der Waals surface area contributed by atoms with Gasteiger partial charge in [-0.2, -0.15) is 0 Å². The third-order valence-corrected chi connectivity index (χ3v) is 3.36. The van der Waals surface area contributed by atoms with Gasteiger partial charge in [-0.25, -0.2) is 4.98 Å². The summed E-state index contributed by atoms with van der Waals surface area (Å²) in [5, 5.41) is 3.19. The van der Waals surface area contributed by atoms with Crippen LogP contribution >= 0.6 is 0 Å². The lowest BCUT2D eigenvalue weighted by Crippen LogP contribution is -2.22. The smallest absolute Gasteiger partial charge is 0.130 e. The summed E-state index contributed by atoms with van der Waals surface area (Å²) in [4.78, 5) is 4.16. The summed E-state index contributed by atoms with van der Waals surface area (Å²) < 4.78 is 0. The summed E-state index contributed by atoms with van der Waals surface area (Å²) in [7, 11) is 0. The minimum atomic E-state index is 0.536. The van der Waals surface area contributed by atoms with Crippen molar-refractivity contribution in [2.75, 3.05) is 5.32 Å². The van der Waals surface area contributed by atoms with E-state index >= 15 is 0 Å². The molecule has 2 aromatic rings. The molecule has 1 fully saturated rings. The van der Waals surface area contributed by atoms with E-state index in [0.29, 0.717) is 6.04 Å². The number of para-hydroxylation sites is 1. The molecule has 3 heteroatoms. The zero-order valence-electron chi connectivity index (χ0n) is 11.8. The molecule has 0 bridgehead atoms. The predicted octanol–water partition coefficient (Wildman–Crippen LogP) is 4.10. The molecule has 0 amide bonds. The van der Waals surface area contributed by atoms with Crippen LogP contribution in [0, 0.1) is 0 Å². The molecule has 0 spiro atoms. The van der Waals surface area contributed by atoms with Crippen molar-refractivity contribution < 1.29 is 0 Å². The van der Waals surface area contributed by atoms with E-state index in [2.05, 4.69) is 10.3 Å². The molecule has 0 aliphatic heterocycles. The van der Waals surface area contributed by atoms with Crippen LogP contribution in [0.25, 0.3) is 0 Å². The Hall–Kier alpha value is -1.87.